The Kier molecular flexibility index (Phi) is 4.81. The molecule has 106 valence electrons. The van der Waals surface area contributed by atoms with Crippen LogP contribution in [0.5, 0.6) is 0 Å². The molecular weight excluding hydrogens is 288 g/mol. The molecule has 5 nitrogen and oxygen atoms in total. The van der Waals surface area contributed by atoms with Gasteiger partial charge in [0.2, 0.25) is 15.9 Å². The Morgan fingerprint density at radius 2 is 1.89 bits per heavy atom. The lowest BCUT2D eigenvalue weighted by Gasteiger charge is -2.29. The maximum absolute atomic E-state index is 12.0. The molecule has 0 N–H and O–H groups in total. The Bertz CT molecular complexity index is 572. The van der Waals surface area contributed by atoms with Crippen LogP contribution in [0.1, 0.15) is 6.92 Å². The van der Waals surface area contributed by atoms with Crippen LogP contribution < -0.4 is 4.31 Å². The van der Waals surface area contributed by atoms with Crippen molar-refractivity contribution in [3.8, 4) is 0 Å². The Labute approximate surface area is 118 Å². The summed E-state index contributed by atoms with van der Waals surface area (Å²) >= 11 is 5.87. The van der Waals surface area contributed by atoms with Crippen molar-refractivity contribution in [1.82, 2.24) is 4.90 Å². The van der Waals surface area contributed by atoms with Crippen molar-refractivity contribution >= 4 is 33.2 Å². The summed E-state index contributed by atoms with van der Waals surface area (Å²) < 4.78 is 24.9. The van der Waals surface area contributed by atoms with E-state index in [1.807, 2.05) is 0 Å². The fraction of sp³-hybridized carbons (Fsp3) is 0.417. The molecule has 0 heterocycles. The zero-order valence-electron chi connectivity index (χ0n) is 11.3. The summed E-state index contributed by atoms with van der Waals surface area (Å²) in [7, 11) is -0.424. The molecule has 1 atom stereocenters. The van der Waals surface area contributed by atoms with Gasteiger partial charge < -0.3 is 4.90 Å². The molecule has 0 saturated heterocycles. The van der Waals surface area contributed by atoms with Gasteiger partial charge in [-0.1, -0.05) is 17.7 Å². The highest BCUT2D eigenvalue weighted by Crippen LogP contribution is 2.24. The number of anilines is 1. The van der Waals surface area contributed by atoms with E-state index >= 15 is 0 Å². The number of halogens is 1. The molecular formula is C12H17ClN2O3S. The van der Waals surface area contributed by atoms with Crippen molar-refractivity contribution in [1.29, 1.82) is 0 Å². The number of carbonyl (C=O) groups excluding carboxylic acids is 1. The standard InChI is InChI=1S/C12H17ClN2O3S/c1-9(12(16)14(2)3)15(19(4,17)18)11-7-5-6-10(13)8-11/h5-9H,1-4H3/t9-/m1/s1. The Morgan fingerprint density at radius 1 is 1.32 bits per heavy atom. The molecule has 1 rings (SSSR count). The summed E-state index contributed by atoms with van der Waals surface area (Å²) in [5, 5.41) is 0.413. The van der Waals surface area contributed by atoms with Crippen LogP contribution in [-0.4, -0.2) is 45.6 Å². The minimum Gasteiger partial charge on any atom is -0.347 e. The molecule has 0 aliphatic carbocycles. The van der Waals surface area contributed by atoms with Crippen LogP contribution >= 0.6 is 11.6 Å². The molecule has 1 aromatic carbocycles. The fourth-order valence-corrected chi connectivity index (χ4v) is 3.14. The van der Waals surface area contributed by atoms with E-state index in [0.29, 0.717) is 10.7 Å². The quantitative estimate of drug-likeness (QED) is 0.848. The fourth-order valence-electron chi connectivity index (χ4n) is 1.79. The highest BCUT2D eigenvalue weighted by Gasteiger charge is 2.29. The first kappa shape index (κ1) is 15.8. The van der Waals surface area contributed by atoms with Crippen LogP contribution in [0.15, 0.2) is 24.3 Å². The van der Waals surface area contributed by atoms with Crippen molar-refractivity contribution in [2.75, 3.05) is 24.7 Å². The first-order chi connectivity index (χ1) is 8.64. The number of nitrogens with zero attached hydrogens (tertiary/aromatic N) is 2. The minimum absolute atomic E-state index is 0.301. The number of hydrogen-bond acceptors (Lipinski definition) is 3. The molecule has 1 amide bonds. The average molecular weight is 305 g/mol. The highest BCUT2D eigenvalue weighted by molar-refractivity contribution is 7.92. The van der Waals surface area contributed by atoms with Gasteiger partial charge in [-0.05, 0) is 25.1 Å². The lowest BCUT2D eigenvalue weighted by molar-refractivity contribution is -0.129. The number of sulfonamides is 1. The molecule has 0 bridgehead atoms. The summed E-state index contributed by atoms with van der Waals surface area (Å²) in [6.07, 6.45) is 1.06. The molecule has 0 spiro atoms. The predicted molar refractivity (Wildman–Crippen MR) is 76.9 cm³/mol. The lowest BCUT2D eigenvalue weighted by Crippen LogP contribution is -2.47. The highest BCUT2D eigenvalue weighted by atomic mass is 35.5. The number of likely N-dealkylation sites (N-methyl/N-ethyl adjacent to an activating group) is 1. The molecule has 0 unspecified atom stereocenters. The summed E-state index contributed by atoms with van der Waals surface area (Å²) in [5.74, 6) is -0.301. The number of rotatable bonds is 4. The Balaban J connectivity index is 3.28. The van der Waals surface area contributed by atoms with Gasteiger partial charge in [0.15, 0.2) is 0 Å². The molecule has 0 radical (unpaired) electrons. The first-order valence-corrected chi connectivity index (χ1v) is 7.83. The largest absolute Gasteiger partial charge is 0.347 e. The van der Waals surface area contributed by atoms with Gasteiger partial charge in [-0.3, -0.25) is 9.10 Å². The zero-order chi connectivity index (χ0) is 14.8. The molecule has 0 fully saturated rings. The summed E-state index contributed by atoms with van der Waals surface area (Å²) in [6, 6.07) is 5.57. The third-order valence-corrected chi connectivity index (χ3v) is 4.05. The van der Waals surface area contributed by atoms with Crippen molar-refractivity contribution in [3.05, 3.63) is 29.3 Å². The average Bonchev–Trinajstić information content (AvgIpc) is 2.26. The van der Waals surface area contributed by atoms with E-state index in [-0.39, 0.29) is 5.91 Å². The predicted octanol–water partition coefficient (Wildman–Crippen LogP) is 1.58. The van der Waals surface area contributed by atoms with Gasteiger partial charge in [0, 0.05) is 19.1 Å². The second kappa shape index (κ2) is 5.79. The normalized spacial score (nSPS) is 12.9. The van der Waals surface area contributed by atoms with Crippen molar-refractivity contribution in [3.63, 3.8) is 0 Å². The van der Waals surface area contributed by atoms with Crippen molar-refractivity contribution < 1.29 is 13.2 Å². The van der Waals surface area contributed by atoms with Crippen LogP contribution in [0, 0.1) is 0 Å². The van der Waals surface area contributed by atoms with Crippen molar-refractivity contribution in [2.24, 2.45) is 0 Å². The lowest BCUT2D eigenvalue weighted by atomic mass is 10.2. The maximum atomic E-state index is 12.0. The van der Waals surface area contributed by atoms with Gasteiger partial charge in [-0.2, -0.15) is 0 Å². The van der Waals surface area contributed by atoms with Gasteiger partial charge in [-0.25, -0.2) is 8.42 Å². The summed E-state index contributed by atoms with van der Waals surface area (Å²) in [6.45, 7) is 1.55. The van der Waals surface area contributed by atoms with Crippen molar-refractivity contribution in [2.45, 2.75) is 13.0 Å². The number of benzene rings is 1. The summed E-state index contributed by atoms with van der Waals surface area (Å²) in [5.41, 5.74) is 0.373. The molecule has 0 aliphatic rings. The van der Waals surface area contributed by atoms with Crippen LogP contribution in [-0.2, 0) is 14.8 Å². The van der Waals surface area contributed by atoms with Gasteiger partial charge in [0.1, 0.15) is 6.04 Å². The number of hydrogen-bond donors (Lipinski definition) is 0. The Morgan fingerprint density at radius 3 is 2.32 bits per heavy atom. The van der Waals surface area contributed by atoms with E-state index in [1.165, 1.54) is 11.0 Å². The van der Waals surface area contributed by atoms with Crippen LogP contribution in [0.2, 0.25) is 5.02 Å². The molecule has 0 aliphatic heterocycles. The monoisotopic (exact) mass is 304 g/mol. The van der Waals surface area contributed by atoms with Gasteiger partial charge in [-0.15, -0.1) is 0 Å². The third kappa shape index (κ3) is 3.84. The molecule has 0 aromatic heterocycles. The van der Waals surface area contributed by atoms with E-state index in [4.69, 9.17) is 11.6 Å². The van der Waals surface area contributed by atoms with E-state index in [9.17, 15) is 13.2 Å². The Hall–Kier alpha value is -1.27. The second-order valence-electron chi connectivity index (χ2n) is 4.45. The minimum atomic E-state index is -3.59. The second-order valence-corrected chi connectivity index (χ2v) is 6.74. The van der Waals surface area contributed by atoms with Crippen LogP contribution in [0.4, 0.5) is 5.69 Å². The van der Waals surface area contributed by atoms with E-state index in [2.05, 4.69) is 0 Å². The molecule has 0 saturated carbocycles. The van der Waals surface area contributed by atoms with E-state index in [0.717, 1.165) is 10.6 Å². The molecule has 7 heteroatoms. The van der Waals surface area contributed by atoms with E-state index in [1.54, 1.807) is 39.2 Å². The van der Waals surface area contributed by atoms with E-state index < -0.39 is 16.1 Å². The topological polar surface area (TPSA) is 57.7 Å². The smallest absolute Gasteiger partial charge is 0.245 e. The van der Waals surface area contributed by atoms with Gasteiger partial charge in [0.05, 0.1) is 11.9 Å². The molecule has 19 heavy (non-hydrogen) atoms. The van der Waals surface area contributed by atoms with Gasteiger partial charge in [0.25, 0.3) is 0 Å². The number of carbonyl (C=O) groups is 1. The summed E-state index contributed by atoms with van der Waals surface area (Å²) in [4.78, 5) is 13.3. The maximum Gasteiger partial charge on any atom is 0.245 e. The van der Waals surface area contributed by atoms with Gasteiger partial charge >= 0.3 is 0 Å². The third-order valence-electron chi connectivity index (χ3n) is 2.57. The molecule has 1 aromatic rings. The number of amides is 1. The zero-order valence-corrected chi connectivity index (χ0v) is 12.9. The SMILES string of the molecule is C[C@H](C(=O)N(C)C)N(c1cccc(Cl)c1)S(C)(=O)=O. The van der Waals surface area contributed by atoms with Crippen LogP contribution in [0.25, 0.3) is 0 Å². The first-order valence-electron chi connectivity index (χ1n) is 5.60. The van der Waals surface area contributed by atoms with Crippen LogP contribution in [0.3, 0.4) is 0 Å².